The van der Waals surface area contributed by atoms with E-state index in [4.69, 9.17) is 0 Å². The van der Waals surface area contributed by atoms with Gasteiger partial charge in [0.25, 0.3) is 5.91 Å². The average molecular weight is 492 g/mol. The molecule has 1 aliphatic rings. The molecule has 3 aromatic rings. The quantitative estimate of drug-likeness (QED) is 0.454. The van der Waals surface area contributed by atoms with E-state index >= 15 is 0 Å². The summed E-state index contributed by atoms with van der Waals surface area (Å²) in [6.45, 7) is 2.53. The number of nitrogens with zero attached hydrogens (tertiary/aromatic N) is 2. The lowest BCUT2D eigenvalue weighted by molar-refractivity contribution is -0.137. The zero-order valence-corrected chi connectivity index (χ0v) is 18.8. The van der Waals surface area contributed by atoms with Crippen molar-refractivity contribution in [2.45, 2.75) is 31.9 Å². The number of alkyl halides is 3. The van der Waals surface area contributed by atoms with Crippen molar-refractivity contribution in [3.63, 3.8) is 0 Å². The number of piperidine rings is 1. The molecule has 1 amide bonds. The first-order chi connectivity index (χ1) is 16.0. The van der Waals surface area contributed by atoms with Crippen LogP contribution in [-0.2, 0) is 6.18 Å². The number of likely N-dealkylation sites (tertiary alicyclic amines) is 1. The second kappa shape index (κ2) is 9.17. The summed E-state index contributed by atoms with van der Waals surface area (Å²) in [6.07, 6.45) is -3.01. The molecule has 10 heteroatoms. The van der Waals surface area contributed by atoms with Crippen molar-refractivity contribution in [3.05, 3.63) is 75.5 Å². The molecule has 0 radical (unpaired) electrons. The highest BCUT2D eigenvalue weighted by Gasteiger charge is 2.31. The number of hydrogen-bond acceptors (Lipinski definition) is 4. The van der Waals surface area contributed by atoms with Gasteiger partial charge in [-0.15, -0.1) is 11.3 Å². The summed E-state index contributed by atoms with van der Waals surface area (Å²) in [6, 6.07) is 8.62. The molecular formula is C24H20F4N2O3S. The van der Waals surface area contributed by atoms with Crippen molar-refractivity contribution in [1.82, 2.24) is 9.88 Å². The van der Waals surface area contributed by atoms with E-state index in [-0.39, 0.29) is 11.8 Å². The molecule has 1 atom stereocenters. The van der Waals surface area contributed by atoms with E-state index in [1.165, 1.54) is 18.2 Å². The van der Waals surface area contributed by atoms with Gasteiger partial charge in [-0.3, -0.25) is 4.79 Å². The summed E-state index contributed by atoms with van der Waals surface area (Å²) in [7, 11) is 0. The van der Waals surface area contributed by atoms with Gasteiger partial charge in [-0.1, -0.05) is 18.2 Å². The van der Waals surface area contributed by atoms with Gasteiger partial charge in [0.15, 0.2) is 0 Å². The molecule has 2 aromatic carbocycles. The van der Waals surface area contributed by atoms with Gasteiger partial charge in [0.05, 0.1) is 16.8 Å². The van der Waals surface area contributed by atoms with E-state index in [2.05, 4.69) is 4.98 Å². The number of amides is 1. The smallest absolute Gasteiger partial charge is 0.416 e. The molecule has 5 nitrogen and oxygen atoms in total. The van der Waals surface area contributed by atoms with E-state index in [9.17, 15) is 32.3 Å². The van der Waals surface area contributed by atoms with Crippen LogP contribution in [-0.4, -0.2) is 40.0 Å². The fraction of sp³-hybridized carbons (Fsp3) is 0.292. The number of carbonyl (C=O) groups excluding carboxylic acids is 1. The largest absolute Gasteiger partial charge is 0.478 e. The standard InChI is InChI=1S/C24H20F4N2O3S/c1-13-20(34-21(29-13)14-4-7-17(8-5-14)24(26,27)28)22(31)30-10-2-3-16(12-30)15-6-9-19(25)18(11-15)23(32)33/h4-9,11,16H,2-3,10,12H2,1H3,(H,32,33)/t16-/m0/s1. The Morgan fingerprint density at radius 1 is 1.15 bits per heavy atom. The number of aromatic nitrogens is 1. The van der Waals surface area contributed by atoms with Crippen LogP contribution in [0.4, 0.5) is 17.6 Å². The Bertz CT molecular complexity index is 1240. The van der Waals surface area contributed by atoms with Gasteiger partial charge in [0.1, 0.15) is 15.7 Å². The average Bonchev–Trinajstić information content (AvgIpc) is 3.20. The molecule has 0 unspecified atom stereocenters. The third kappa shape index (κ3) is 4.82. The number of thiazole rings is 1. The van der Waals surface area contributed by atoms with Gasteiger partial charge in [-0.05, 0) is 49.6 Å². The van der Waals surface area contributed by atoms with Crippen molar-refractivity contribution < 1.29 is 32.3 Å². The van der Waals surface area contributed by atoms with Crippen LogP contribution in [0.3, 0.4) is 0 Å². The summed E-state index contributed by atoms with van der Waals surface area (Å²) in [5.41, 5.74) is 0.474. The number of aromatic carboxylic acids is 1. The Kier molecular flexibility index (Phi) is 6.44. The summed E-state index contributed by atoms with van der Waals surface area (Å²) in [5.74, 6) is -2.53. The monoisotopic (exact) mass is 492 g/mol. The molecule has 4 rings (SSSR count). The van der Waals surface area contributed by atoms with Crippen LogP contribution in [0.1, 0.15) is 55.6 Å². The van der Waals surface area contributed by atoms with Crippen molar-refractivity contribution >= 4 is 23.2 Å². The molecule has 1 aliphatic heterocycles. The first-order valence-electron chi connectivity index (χ1n) is 10.5. The molecule has 0 bridgehead atoms. The van der Waals surface area contributed by atoms with E-state index in [1.807, 2.05) is 0 Å². The topological polar surface area (TPSA) is 70.5 Å². The second-order valence-corrected chi connectivity index (χ2v) is 9.14. The molecule has 0 aliphatic carbocycles. The van der Waals surface area contributed by atoms with Crippen LogP contribution in [0.15, 0.2) is 42.5 Å². The van der Waals surface area contributed by atoms with Crippen molar-refractivity contribution in [2.75, 3.05) is 13.1 Å². The zero-order valence-electron chi connectivity index (χ0n) is 18.0. The van der Waals surface area contributed by atoms with Crippen molar-refractivity contribution in [1.29, 1.82) is 0 Å². The van der Waals surface area contributed by atoms with Crippen LogP contribution in [0.5, 0.6) is 0 Å². The summed E-state index contributed by atoms with van der Waals surface area (Å²) < 4.78 is 52.3. The van der Waals surface area contributed by atoms with Gasteiger partial charge in [0.2, 0.25) is 0 Å². The number of rotatable bonds is 4. The lowest BCUT2D eigenvalue weighted by atomic mass is 9.89. The highest BCUT2D eigenvalue weighted by Crippen LogP contribution is 2.34. The Hall–Kier alpha value is -3.27. The predicted octanol–water partition coefficient (Wildman–Crippen LogP) is 5.99. The lowest BCUT2D eigenvalue weighted by Gasteiger charge is -2.33. The Morgan fingerprint density at radius 2 is 1.85 bits per heavy atom. The maximum atomic E-state index is 13.8. The summed E-state index contributed by atoms with van der Waals surface area (Å²) >= 11 is 1.12. The Morgan fingerprint density at radius 3 is 2.50 bits per heavy atom. The molecule has 1 fully saturated rings. The van der Waals surface area contributed by atoms with Gasteiger partial charge in [-0.2, -0.15) is 13.2 Å². The van der Waals surface area contributed by atoms with Crippen molar-refractivity contribution in [2.24, 2.45) is 0 Å². The Labute approximate surface area is 196 Å². The number of carbonyl (C=O) groups is 2. The van der Waals surface area contributed by atoms with Gasteiger partial charge in [0, 0.05) is 24.6 Å². The maximum Gasteiger partial charge on any atom is 0.416 e. The SMILES string of the molecule is Cc1nc(-c2ccc(C(F)(F)F)cc2)sc1C(=O)N1CCC[C@H](c2ccc(F)c(C(=O)O)c2)C1. The fourth-order valence-corrected chi connectivity index (χ4v) is 5.10. The minimum absolute atomic E-state index is 0.140. The molecule has 1 aromatic heterocycles. The van der Waals surface area contributed by atoms with Crippen LogP contribution < -0.4 is 0 Å². The molecule has 1 N–H and O–H groups in total. The molecule has 178 valence electrons. The van der Waals surface area contributed by atoms with Crippen molar-refractivity contribution in [3.8, 4) is 10.6 Å². The van der Waals surface area contributed by atoms with Gasteiger partial charge < -0.3 is 10.0 Å². The summed E-state index contributed by atoms with van der Waals surface area (Å²) in [4.78, 5) is 31.0. The van der Waals surface area contributed by atoms with Crippen LogP contribution >= 0.6 is 11.3 Å². The molecule has 2 heterocycles. The van der Waals surface area contributed by atoms with Crippen LogP contribution in [0, 0.1) is 12.7 Å². The van der Waals surface area contributed by atoms with Crippen LogP contribution in [0.2, 0.25) is 0 Å². The molecule has 0 saturated carbocycles. The molecule has 0 spiro atoms. The van der Waals surface area contributed by atoms with E-state index in [0.717, 1.165) is 36.0 Å². The van der Waals surface area contributed by atoms with E-state index in [1.54, 1.807) is 17.9 Å². The number of carboxylic acids is 1. The van der Waals surface area contributed by atoms with E-state index in [0.29, 0.717) is 46.2 Å². The highest BCUT2D eigenvalue weighted by atomic mass is 32.1. The molecule has 34 heavy (non-hydrogen) atoms. The first kappa shape index (κ1) is 23.9. The number of benzene rings is 2. The Balaban J connectivity index is 1.54. The third-order valence-corrected chi connectivity index (χ3v) is 7.05. The number of aryl methyl sites for hydroxylation is 1. The molecule has 1 saturated heterocycles. The predicted molar refractivity (Wildman–Crippen MR) is 119 cm³/mol. The third-order valence-electron chi connectivity index (χ3n) is 5.85. The van der Waals surface area contributed by atoms with Crippen LogP contribution in [0.25, 0.3) is 10.6 Å². The minimum Gasteiger partial charge on any atom is -0.478 e. The first-order valence-corrected chi connectivity index (χ1v) is 11.3. The normalized spacial score (nSPS) is 16.5. The lowest BCUT2D eigenvalue weighted by Crippen LogP contribution is -2.39. The summed E-state index contributed by atoms with van der Waals surface area (Å²) in [5, 5.41) is 9.64. The van der Waals surface area contributed by atoms with Gasteiger partial charge in [-0.25, -0.2) is 14.2 Å². The second-order valence-electron chi connectivity index (χ2n) is 8.14. The number of hydrogen-bond donors (Lipinski definition) is 1. The highest BCUT2D eigenvalue weighted by molar-refractivity contribution is 7.17. The van der Waals surface area contributed by atoms with Gasteiger partial charge >= 0.3 is 12.1 Å². The van der Waals surface area contributed by atoms with E-state index < -0.39 is 29.1 Å². The maximum absolute atomic E-state index is 13.8. The number of halogens is 4. The zero-order chi connectivity index (χ0) is 24.6. The molecular weight excluding hydrogens is 472 g/mol. The fourth-order valence-electron chi connectivity index (χ4n) is 4.06. The number of carboxylic acid groups (broad SMARTS) is 1. The minimum atomic E-state index is -4.43.